The Morgan fingerprint density at radius 1 is 0.955 bits per heavy atom. The summed E-state index contributed by atoms with van der Waals surface area (Å²) in [5.74, 6) is -0.774. The van der Waals surface area contributed by atoms with Crippen LogP contribution in [-0.2, 0) is 20.5 Å². The number of nitrogens with zero attached hydrogens (tertiary/aromatic N) is 3. The van der Waals surface area contributed by atoms with Crippen LogP contribution in [-0.4, -0.2) is 25.7 Å². The number of aryl methyl sites for hydroxylation is 2. The van der Waals surface area contributed by atoms with Gasteiger partial charge < -0.3 is 0 Å². The molecule has 7 nitrogen and oxygen atoms in total. The Labute approximate surface area is 124 Å². The maximum absolute atomic E-state index is 12.4. The summed E-state index contributed by atoms with van der Waals surface area (Å²) in [5, 5.41) is 0.0134. The first kappa shape index (κ1) is 14.1. The van der Waals surface area contributed by atoms with Crippen molar-refractivity contribution in [2.24, 2.45) is 14.1 Å². The molecule has 0 atom stereocenters. The summed E-state index contributed by atoms with van der Waals surface area (Å²) in [6.07, 6.45) is 2.74. The lowest BCUT2D eigenvalue weighted by Gasteiger charge is -2.17. The number of hydrogen-bond donors (Lipinski definition) is 0. The van der Waals surface area contributed by atoms with Crippen LogP contribution in [0.4, 0.5) is 0 Å². The maximum atomic E-state index is 12.4. The minimum absolute atomic E-state index is 0.0134. The molecular weight excluding hydrogens is 286 g/mol. The van der Waals surface area contributed by atoms with Gasteiger partial charge in [0.15, 0.2) is 11.6 Å². The van der Waals surface area contributed by atoms with Crippen LogP contribution in [0.3, 0.4) is 0 Å². The molecule has 0 bridgehead atoms. The molecule has 1 aliphatic carbocycles. The zero-order chi connectivity index (χ0) is 16.2. The first-order valence-corrected chi connectivity index (χ1v) is 6.77. The van der Waals surface area contributed by atoms with Gasteiger partial charge in [-0.05, 0) is 18.6 Å². The lowest BCUT2D eigenvalue weighted by molar-refractivity contribution is 0.0994. The molecule has 0 fully saturated rings. The summed E-state index contributed by atoms with van der Waals surface area (Å²) >= 11 is 0. The van der Waals surface area contributed by atoms with Gasteiger partial charge in [-0.3, -0.25) is 23.5 Å². The number of fused-ring (bicyclic) bond motifs is 3. The van der Waals surface area contributed by atoms with Gasteiger partial charge in [-0.2, -0.15) is 0 Å². The van der Waals surface area contributed by atoms with Gasteiger partial charge in [-0.1, -0.05) is 6.92 Å². The molecule has 7 heteroatoms. The fourth-order valence-corrected chi connectivity index (χ4v) is 2.72. The second-order valence-corrected chi connectivity index (χ2v) is 5.13. The number of carbonyl (C=O) groups excluding carboxylic acids is 2. The van der Waals surface area contributed by atoms with E-state index in [1.54, 1.807) is 6.92 Å². The summed E-state index contributed by atoms with van der Waals surface area (Å²) in [6.45, 7) is 1.80. The van der Waals surface area contributed by atoms with E-state index in [0.29, 0.717) is 12.1 Å². The molecule has 0 saturated heterocycles. The molecule has 1 aliphatic rings. The number of rotatable bonds is 1. The van der Waals surface area contributed by atoms with Crippen molar-refractivity contribution >= 4 is 22.6 Å². The van der Waals surface area contributed by atoms with Crippen LogP contribution < -0.4 is 11.2 Å². The topological polar surface area (TPSA) is 91.0 Å². The molecule has 2 aromatic heterocycles. The van der Waals surface area contributed by atoms with Gasteiger partial charge in [0.1, 0.15) is 5.65 Å². The lowest BCUT2D eigenvalue weighted by Crippen LogP contribution is -2.38. The number of aromatic nitrogens is 3. The lowest BCUT2D eigenvalue weighted by atomic mass is 9.90. The quantitative estimate of drug-likeness (QED) is 0.746. The van der Waals surface area contributed by atoms with Crippen LogP contribution in [0.5, 0.6) is 0 Å². The summed E-state index contributed by atoms with van der Waals surface area (Å²) in [5.41, 5.74) is -0.407. The average molecular weight is 299 g/mol. The Morgan fingerprint density at radius 3 is 2.14 bits per heavy atom. The zero-order valence-corrected chi connectivity index (χ0v) is 12.3. The summed E-state index contributed by atoms with van der Waals surface area (Å²) in [4.78, 5) is 53.2. The highest BCUT2D eigenvalue weighted by Gasteiger charge is 2.28. The first-order valence-electron chi connectivity index (χ1n) is 6.77. The monoisotopic (exact) mass is 299 g/mol. The van der Waals surface area contributed by atoms with Crippen molar-refractivity contribution in [2.75, 3.05) is 0 Å². The minimum atomic E-state index is -0.624. The fraction of sp³-hybridized carbons (Fsp3) is 0.267. The number of carbonyl (C=O) groups is 2. The highest BCUT2D eigenvalue weighted by molar-refractivity contribution is 6.26. The van der Waals surface area contributed by atoms with Crippen molar-refractivity contribution in [3.05, 3.63) is 49.8 Å². The smallest absolute Gasteiger partial charge is 0.289 e. The minimum Gasteiger partial charge on any atom is -0.289 e. The van der Waals surface area contributed by atoms with Gasteiger partial charge >= 0.3 is 5.69 Å². The Morgan fingerprint density at radius 2 is 1.55 bits per heavy atom. The van der Waals surface area contributed by atoms with Crippen molar-refractivity contribution in [1.29, 1.82) is 0 Å². The molecule has 0 amide bonds. The van der Waals surface area contributed by atoms with E-state index in [9.17, 15) is 19.2 Å². The molecule has 2 heterocycles. The molecule has 0 aromatic carbocycles. The number of hydrogen-bond acceptors (Lipinski definition) is 5. The Bertz CT molecular complexity index is 1010. The fourth-order valence-electron chi connectivity index (χ4n) is 2.72. The van der Waals surface area contributed by atoms with Crippen molar-refractivity contribution in [3.63, 3.8) is 0 Å². The van der Waals surface area contributed by atoms with E-state index in [0.717, 1.165) is 10.6 Å². The molecule has 0 radical (unpaired) electrons. The molecular formula is C15H13N3O4. The third-order valence-electron chi connectivity index (χ3n) is 3.88. The maximum Gasteiger partial charge on any atom is 0.332 e. The second kappa shape index (κ2) is 4.59. The van der Waals surface area contributed by atoms with Gasteiger partial charge in [0.05, 0.1) is 22.2 Å². The predicted molar refractivity (Wildman–Crippen MR) is 79.4 cm³/mol. The van der Waals surface area contributed by atoms with Gasteiger partial charge in [0.25, 0.3) is 5.56 Å². The standard InChI is InChI=1S/C15H13N3O4/c1-4-7-10-8(19)5-6-9(20)11(10)12-13(16-7)17(2)15(22)18(3)14(12)21/h5-6H,4H2,1-3H3. The molecule has 0 aliphatic heterocycles. The molecule has 3 rings (SSSR count). The van der Waals surface area contributed by atoms with E-state index < -0.39 is 17.0 Å². The van der Waals surface area contributed by atoms with E-state index in [1.165, 1.54) is 24.7 Å². The number of pyridine rings is 1. The Balaban J connectivity index is 2.70. The molecule has 0 unspecified atom stereocenters. The molecule has 0 N–H and O–H groups in total. The molecule has 22 heavy (non-hydrogen) atoms. The summed E-state index contributed by atoms with van der Waals surface area (Å²) < 4.78 is 2.12. The van der Waals surface area contributed by atoms with Crippen LogP contribution >= 0.6 is 0 Å². The molecule has 2 aromatic rings. The van der Waals surface area contributed by atoms with Crippen LogP contribution in [0, 0.1) is 0 Å². The first-order chi connectivity index (χ1) is 10.4. The van der Waals surface area contributed by atoms with Crippen LogP contribution in [0.2, 0.25) is 0 Å². The van der Waals surface area contributed by atoms with E-state index in [1.807, 2.05) is 0 Å². The van der Waals surface area contributed by atoms with Gasteiger partial charge in [0, 0.05) is 14.1 Å². The number of allylic oxidation sites excluding steroid dienone is 2. The zero-order valence-electron chi connectivity index (χ0n) is 12.3. The van der Waals surface area contributed by atoms with Crippen LogP contribution in [0.25, 0.3) is 11.0 Å². The SMILES string of the molecule is CCc1nc2c(c3c1C(=O)C=CC3=O)c(=O)n(C)c(=O)n2C. The third-order valence-corrected chi connectivity index (χ3v) is 3.88. The Hall–Kier alpha value is -2.83. The largest absolute Gasteiger partial charge is 0.332 e. The van der Waals surface area contributed by atoms with E-state index in [2.05, 4.69) is 4.98 Å². The highest BCUT2D eigenvalue weighted by Crippen LogP contribution is 2.25. The van der Waals surface area contributed by atoms with Gasteiger partial charge in [-0.25, -0.2) is 9.78 Å². The van der Waals surface area contributed by atoms with Crippen molar-refractivity contribution in [1.82, 2.24) is 14.1 Å². The van der Waals surface area contributed by atoms with Crippen LogP contribution in [0.1, 0.15) is 33.3 Å². The second-order valence-electron chi connectivity index (χ2n) is 5.13. The normalized spacial score (nSPS) is 13.8. The van der Waals surface area contributed by atoms with Crippen molar-refractivity contribution in [2.45, 2.75) is 13.3 Å². The molecule has 112 valence electrons. The van der Waals surface area contributed by atoms with Crippen LogP contribution in [0.15, 0.2) is 21.7 Å². The van der Waals surface area contributed by atoms with Gasteiger partial charge in [-0.15, -0.1) is 0 Å². The van der Waals surface area contributed by atoms with Gasteiger partial charge in [0.2, 0.25) is 0 Å². The summed E-state index contributed by atoms with van der Waals surface area (Å²) in [6, 6.07) is 0. The number of ketones is 2. The predicted octanol–water partition coefficient (Wildman–Crippen LogP) is 0.130. The highest BCUT2D eigenvalue weighted by atomic mass is 16.2. The van der Waals surface area contributed by atoms with E-state index in [-0.39, 0.29) is 27.9 Å². The average Bonchev–Trinajstić information content (AvgIpc) is 2.52. The van der Waals surface area contributed by atoms with Crippen molar-refractivity contribution < 1.29 is 9.59 Å². The molecule has 0 saturated carbocycles. The third kappa shape index (κ3) is 1.65. The molecule has 0 spiro atoms. The Kier molecular flexibility index (Phi) is 2.94. The van der Waals surface area contributed by atoms with E-state index in [4.69, 9.17) is 0 Å². The van der Waals surface area contributed by atoms with E-state index >= 15 is 0 Å². The van der Waals surface area contributed by atoms with Crippen molar-refractivity contribution in [3.8, 4) is 0 Å². The summed E-state index contributed by atoms with van der Waals surface area (Å²) in [7, 11) is 2.81.